The average Bonchev–Trinajstić information content (AvgIpc) is 3.44. The van der Waals surface area contributed by atoms with Gasteiger partial charge in [-0.1, -0.05) is 26.8 Å². The SMILES string of the molecule is CC(C)(C)c1cc2cc(NC(=O)C3(c4ccc5c(c4)OC(F)(F)O5)CC3)c(F)cc2n1C[C@@H](O)CO.[HH].[HH].[HH]. The van der Waals surface area contributed by atoms with E-state index in [9.17, 15) is 23.8 Å². The van der Waals surface area contributed by atoms with Crippen LogP contribution in [0.25, 0.3) is 10.9 Å². The smallest absolute Gasteiger partial charge is 0.395 e. The van der Waals surface area contributed by atoms with Crippen LogP contribution in [0.2, 0.25) is 0 Å². The molecule has 2 aliphatic rings. The Morgan fingerprint density at radius 3 is 2.50 bits per heavy atom. The van der Waals surface area contributed by atoms with Crippen molar-refractivity contribution in [2.24, 2.45) is 0 Å². The number of rotatable bonds is 6. The average molecular weight is 511 g/mol. The molecule has 7 nitrogen and oxygen atoms in total. The first-order chi connectivity index (χ1) is 16.8. The number of carbonyl (C=O) groups excluding carboxylic acids is 1. The lowest BCUT2D eigenvalue weighted by atomic mass is 9.92. The number of ether oxygens (including phenoxy) is 2. The maximum atomic E-state index is 15.2. The third-order valence-electron chi connectivity index (χ3n) is 6.75. The number of nitrogens with one attached hydrogen (secondary N) is 1. The molecule has 3 N–H and O–H groups in total. The standard InChI is InChI=1S/C26H27F3N2O5.3H2/c1-24(2,3)22-9-14-8-18(17(27)11-19(14)31(22)12-16(33)13-32)30-23(34)25(6-7-25)15-4-5-20-21(10-15)36-26(28,29)35-20;;;/h4-5,8-11,16,32-33H,6-7,12-13H2,1-3H3,(H,30,34);3*1H/t16-;;;/m1.../s1. The van der Waals surface area contributed by atoms with E-state index in [0.29, 0.717) is 29.3 Å². The molecule has 0 radical (unpaired) electrons. The van der Waals surface area contributed by atoms with Gasteiger partial charge >= 0.3 is 6.29 Å². The summed E-state index contributed by atoms with van der Waals surface area (Å²) in [6, 6.07) is 8.95. The van der Waals surface area contributed by atoms with Gasteiger partial charge in [0.15, 0.2) is 11.5 Å². The van der Waals surface area contributed by atoms with E-state index in [1.807, 2.05) is 26.8 Å². The van der Waals surface area contributed by atoms with Crippen LogP contribution in [0.5, 0.6) is 11.5 Å². The number of fused-ring (bicyclic) bond motifs is 2. The van der Waals surface area contributed by atoms with Crippen molar-refractivity contribution < 1.29 is 41.9 Å². The van der Waals surface area contributed by atoms with E-state index in [4.69, 9.17) is 0 Å². The minimum Gasteiger partial charge on any atom is -0.395 e. The van der Waals surface area contributed by atoms with E-state index in [-0.39, 0.29) is 33.4 Å². The number of hydrogen-bond acceptors (Lipinski definition) is 5. The topological polar surface area (TPSA) is 93.0 Å². The van der Waals surface area contributed by atoms with Gasteiger partial charge < -0.3 is 29.6 Å². The van der Waals surface area contributed by atoms with Gasteiger partial charge in [-0.3, -0.25) is 4.79 Å². The normalized spacial score (nSPS) is 18.3. The summed E-state index contributed by atoms with van der Waals surface area (Å²) < 4.78 is 52.7. The summed E-state index contributed by atoms with van der Waals surface area (Å²) in [5.74, 6) is -1.36. The molecule has 2 aromatic carbocycles. The Morgan fingerprint density at radius 2 is 1.86 bits per heavy atom. The van der Waals surface area contributed by atoms with Gasteiger partial charge in [-0.25, -0.2) is 4.39 Å². The van der Waals surface area contributed by atoms with Crippen molar-refractivity contribution in [1.82, 2.24) is 4.57 Å². The van der Waals surface area contributed by atoms with Crippen molar-refractivity contribution in [3.05, 3.63) is 53.5 Å². The van der Waals surface area contributed by atoms with Gasteiger partial charge in [0.05, 0.1) is 35.9 Å². The van der Waals surface area contributed by atoms with E-state index in [0.717, 1.165) is 5.69 Å². The van der Waals surface area contributed by atoms with E-state index >= 15 is 4.39 Å². The molecule has 36 heavy (non-hydrogen) atoms. The largest absolute Gasteiger partial charge is 0.586 e. The number of carbonyl (C=O) groups is 1. The fourth-order valence-electron chi connectivity index (χ4n) is 4.73. The van der Waals surface area contributed by atoms with E-state index in [1.54, 1.807) is 4.57 Å². The molecule has 1 atom stereocenters. The first-order valence-electron chi connectivity index (χ1n) is 11.7. The second-order valence-electron chi connectivity index (χ2n) is 10.5. The second kappa shape index (κ2) is 8.14. The van der Waals surface area contributed by atoms with Crippen LogP contribution in [0.15, 0.2) is 36.4 Å². The first-order valence-corrected chi connectivity index (χ1v) is 11.7. The molecule has 1 amide bonds. The predicted octanol–water partition coefficient (Wildman–Crippen LogP) is 5.16. The molecule has 0 bridgehead atoms. The van der Waals surface area contributed by atoms with Crippen molar-refractivity contribution in [3.8, 4) is 11.5 Å². The summed E-state index contributed by atoms with van der Waals surface area (Å²) in [7, 11) is 0. The number of amides is 1. The van der Waals surface area contributed by atoms with Crippen LogP contribution in [0.4, 0.5) is 18.9 Å². The lowest BCUT2D eigenvalue weighted by Gasteiger charge is -2.23. The zero-order valence-electron chi connectivity index (χ0n) is 20.1. The Kier molecular flexibility index (Phi) is 5.53. The van der Waals surface area contributed by atoms with Crippen LogP contribution in [-0.2, 0) is 22.2 Å². The third-order valence-corrected chi connectivity index (χ3v) is 6.75. The van der Waals surface area contributed by atoms with Crippen molar-refractivity contribution in [2.45, 2.75) is 63.4 Å². The molecule has 5 rings (SSSR count). The molecular formula is C26H33F3N2O5. The fraction of sp³-hybridized carbons (Fsp3) is 0.423. The Morgan fingerprint density at radius 1 is 1.17 bits per heavy atom. The molecular weight excluding hydrogens is 477 g/mol. The molecule has 0 spiro atoms. The number of aliphatic hydroxyl groups excluding tert-OH is 2. The van der Waals surface area contributed by atoms with Crippen LogP contribution in [0, 0.1) is 5.82 Å². The molecule has 1 fully saturated rings. The highest BCUT2D eigenvalue weighted by molar-refractivity contribution is 6.02. The van der Waals surface area contributed by atoms with E-state index < -0.39 is 36.1 Å². The van der Waals surface area contributed by atoms with Crippen molar-refractivity contribution in [2.75, 3.05) is 11.9 Å². The maximum absolute atomic E-state index is 15.2. The molecule has 1 aromatic heterocycles. The number of alkyl halides is 2. The van der Waals surface area contributed by atoms with Gasteiger partial charge in [0.25, 0.3) is 0 Å². The van der Waals surface area contributed by atoms with E-state index in [2.05, 4.69) is 14.8 Å². The first kappa shape index (κ1) is 24.5. The highest BCUT2D eigenvalue weighted by Gasteiger charge is 2.53. The van der Waals surface area contributed by atoms with E-state index in [1.165, 1.54) is 30.3 Å². The highest BCUT2D eigenvalue weighted by atomic mass is 19.3. The van der Waals surface area contributed by atoms with Gasteiger partial charge in [0.1, 0.15) is 5.82 Å². The number of hydrogen-bond donors (Lipinski definition) is 3. The van der Waals surface area contributed by atoms with Gasteiger partial charge in [0.2, 0.25) is 5.91 Å². The van der Waals surface area contributed by atoms with Crippen LogP contribution in [-0.4, -0.2) is 39.7 Å². The van der Waals surface area contributed by atoms with Crippen LogP contribution in [0.3, 0.4) is 0 Å². The quantitative estimate of drug-likeness (QED) is 0.426. The van der Waals surface area contributed by atoms with Crippen molar-refractivity contribution in [3.63, 3.8) is 0 Å². The molecule has 0 unspecified atom stereocenters. The molecule has 10 heteroatoms. The predicted molar refractivity (Wildman–Crippen MR) is 132 cm³/mol. The zero-order valence-corrected chi connectivity index (χ0v) is 20.1. The van der Waals surface area contributed by atoms with Gasteiger partial charge in [-0.05, 0) is 42.7 Å². The fourth-order valence-corrected chi connectivity index (χ4v) is 4.73. The van der Waals surface area contributed by atoms with Crippen molar-refractivity contribution in [1.29, 1.82) is 0 Å². The Bertz CT molecular complexity index is 1370. The molecule has 2 heterocycles. The summed E-state index contributed by atoms with van der Waals surface area (Å²) in [6.45, 7) is 5.62. The number of nitrogens with zero attached hydrogens (tertiary/aromatic N) is 1. The maximum Gasteiger partial charge on any atom is 0.586 e. The minimum atomic E-state index is -3.76. The Labute approximate surface area is 209 Å². The monoisotopic (exact) mass is 510 g/mol. The minimum absolute atomic E-state index is 0. The molecule has 1 aliphatic heterocycles. The summed E-state index contributed by atoms with van der Waals surface area (Å²) in [4.78, 5) is 13.3. The number of benzene rings is 2. The van der Waals surface area contributed by atoms with Gasteiger partial charge in [-0.2, -0.15) is 0 Å². The number of aromatic nitrogens is 1. The van der Waals surface area contributed by atoms with Crippen LogP contribution < -0.4 is 14.8 Å². The Hall–Kier alpha value is -3.24. The number of aliphatic hydroxyl groups is 2. The van der Waals surface area contributed by atoms with Gasteiger partial charge in [-0.15, -0.1) is 8.78 Å². The summed E-state index contributed by atoms with van der Waals surface area (Å²) in [5.41, 5.74) is 0.532. The number of anilines is 1. The lowest BCUT2D eigenvalue weighted by Crippen LogP contribution is -2.28. The zero-order chi connectivity index (χ0) is 26.0. The summed E-state index contributed by atoms with van der Waals surface area (Å²) in [5, 5.41) is 22.7. The van der Waals surface area contributed by atoms with Crippen LogP contribution >= 0.6 is 0 Å². The molecule has 0 saturated heterocycles. The van der Waals surface area contributed by atoms with Gasteiger partial charge in [0, 0.05) is 26.8 Å². The lowest BCUT2D eigenvalue weighted by molar-refractivity contribution is -0.286. The molecule has 1 saturated carbocycles. The number of halogens is 3. The third kappa shape index (κ3) is 4.18. The molecule has 1 aliphatic carbocycles. The molecule has 3 aromatic rings. The molecule has 198 valence electrons. The van der Waals surface area contributed by atoms with Crippen molar-refractivity contribution >= 4 is 22.5 Å². The summed E-state index contributed by atoms with van der Waals surface area (Å²) >= 11 is 0. The summed E-state index contributed by atoms with van der Waals surface area (Å²) in [6.07, 6.45) is -3.82. The van der Waals surface area contributed by atoms with Crippen LogP contribution in [0.1, 0.15) is 49.2 Å². The second-order valence-corrected chi connectivity index (χ2v) is 10.5. The highest BCUT2D eigenvalue weighted by Crippen LogP contribution is 2.52. The Balaban J connectivity index is 0.00000178.